The number of pyridine rings is 1. The second-order valence-corrected chi connectivity index (χ2v) is 7.00. The predicted molar refractivity (Wildman–Crippen MR) is 89.9 cm³/mol. The third-order valence-electron chi connectivity index (χ3n) is 3.97. The minimum atomic E-state index is 0.143. The van der Waals surface area contributed by atoms with Gasteiger partial charge in [0.1, 0.15) is 5.82 Å². The lowest BCUT2D eigenvalue weighted by Crippen LogP contribution is -2.46. The molecule has 0 spiro atoms. The van der Waals surface area contributed by atoms with Gasteiger partial charge in [0.2, 0.25) is 0 Å². The quantitative estimate of drug-likeness (QED) is 0.923. The Balaban J connectivity index is 2.05. The maximum Gasteiger partial charge on any atom is 0.129 e. The molecule has 1 aromatic rings. The van der Waals surface area contributed by atoms with Crippen molar-refractivity contribution in [1.29, 1.82) is 0 Å². The van der Waals surface area contributed by atoms with Crippen molar-refractivity contribution in [2.24, 2.45) is 0 Å². The molecule has 1 aliphatic heterocycles. The Kier molecular flexibility index (Phi) is 5.22. The molecule has 2 rings (SSSR count). The van der Waals surface area contributed by atoms with Gasteiger partial charge in [0.15, 0.2) is 0 Å². The first-order valence-corrected chi connectivity index (χ1v) is 8.07. The summed E-state index contributed by atoms with van der Waals surface area (Å²) < 4.78 is 0. The molecule has 1 saturated heterocycles. The highest BCUT2D eigenvalue weighted by Gasteiger charge is 2.17. The molecule has 2 heterocycles. The van der Waals surface area contributed by atoms with Crippen LogP contribution in [0.4, 0.5) is 5.82 Å². The lowest BCUT2D eigenvalue weighted by molar-refractivity contribution is 0.270. The van der Waals surface area contributed by atoms with E-state index in [-0.39, 0.29) is 5.54 Å². The smallest absolute Gasteiger partial charge is 0.129 e. The molecule has 1 fully saturated rings. The fraction of sp³-hybridized carbons (Fsp3) is 0.706. The second-order valence-electron chi connectivity index (χ2n) is 7.00. The number of aromatic nitrogens is 1. The van der Waals surface area contributed by atoms with E-state index in [1.807, 2.05) is 0 Å². The Labute approximate surface area is 129 Å². The molecule has 4 heteroatoms. The largest absolute Gasteiger partial charge is 0.354 e. The number of nitrogens with one attached hydrogen (secondary N) is 1. The first-order chi connectivity index (χ1) is 9.87. The van der Waals surface area contributed by atoms with E-state index in [0.29, 0.717) is 0 Å². The van der Waals surface area contributed by atoms with Gasteiger partial charge in [0.25, 0.3) is 0 Å². The lowest BCUT2D eigenvalue weighted by atomic mass is 10.1. The fourth-order valence-corrected chi connectivity index (χ4v) is 2.65. The van der Waals surface area contributed by atoms with Gasteiger partial charge in [0, 0.05) is 44.0 Å². The van der Waals surface area contributed by atoms with Crippen LogP contribution in [-0.2, 0) is 6.54 Å². The van der Waals surface area contributed by atoms with Gasteiger partial charge in [-0.2, -0.15) is 0 Å². The normalized spacial score (nSPS) is 17.3. The highest BCUT2D eigenvalue weighted by Crippen LogP contribution is 2.17. The number of likely N-dealkylation sites (N-methyl/N-ethyl adjacent to an activating group) is 1. The molecule has 0 bridgehead atoms. The zero-order chi connectivity index (χ0) is 15.5. The lowest BCUT2D eigenvalue weighted by Gasteiger charge is -2.35. The van der Waals surface area contributed by atoms with E-state index in [0.717, 1.165) is 50.8 Å². The number of rotatable bonds is 4. The number of anilines is 1. The molecule has 1 aliphatic rings. The standard InChI is InChI=1S/C17H30N4/c1-6-20-7-9-21(10-8-20)16-12-15(11-14(2)19-16)13-18-17(3,4)5/h11-12,18H,6-10,13H2,1-5H3. The summed E-state index contributed by atoms with van der Waals surface area (Å²) in [6.45, 7) is 17.4. The Morgan fingerprint density at radius 1 is 1.14 bits per heavy atom. The van der Waals surface area contributed by atoms with Crippen LogP contribution in [0.25, 0.3) is 0 Å². The second kappa shape index (κ2) is 6.75. The van der Waals surface area contributed by atoms with Gasteiger partial charge in [0.05, 0.1) is 0 Å². The molecule has 4 nitrogen and oxygen atoms in total. The SMILES string of the molecule is CCN1CCN(c2cc(CNC(C)(C)C)cc(C)n2)CC1. The van der Waals surface area contributed by atoms with E-state index in [2.05, 4.69) is 61.9 Å². The van der Waals surface area contributed by atoms with Crippen molar-refractivity contribution in [3.05, 3.63) is 23.4 Å². The van der Waals surface area contributed by atoms with Crippen molar-refractivity contribution in [3.63, 3.8) is 0 Å². The number of hydrogen-bond donors (Lipinski definition) is 1. The van der Waals surface area contributed by atoms with Crippen molar-refractivity contribution >= 4 is 5.82 Å². The zero-order valence-corrected chi connectivity index (χ0v) is 14.2. The van der Waals surface area contributed by atoms with E-state index >= 15 is 0 Å². The summed E-state index contributed by atoms with van der Waals surface area (Å²) in [4.78, 5) is 9.64. The molecule has 1 aromatic heterocycles. The molecule has 0 aromatic carbocycles. The molecule has 21 heavy (non-hydrogen) atoms. The molecule has 0 radical (unpaired) electrons. The molecular weight excluding hydrogens is 260 g/mol. The van der Waals surface area contributed by atoms with Crippen molar-refractivity contribution in [1.82, 2.24) is 15.2 Å². The van der Waals surface area contributed by atoms with Gasteiger partial charge >= 0.3 is 0 Å². The van der Waals surface area contributed by atoms with E-state index in [1.54, 1.807) is 0 Å². The fourth-order valence-electron chi connectivity index (χ4n) is 2.65. The topological polar surface area (TPSA) is 31.4 Å². The Morgan fingerprint density at radius 2 is 1.81 bits per heavy atom. The van der Waals surface area contributed by atoms with Crippen LogP contribution in [-0.4, -0.2) is 48.1 Å². The van der Waals surface area contributed by atoms with Crippen molar-refractivity contribution in [2.75, 3.05) is 37.6 Å². The first-order valence-electron chi connectivity index (χ1n) is 8.07. The minimum absolute atomic E-state index is 0.143. The summed E-state index contributed by atoms with van der Waals surface area (Å²) in [5, 5.41) is 3.56. The zero-order valence-electron chi connectivity index (χ0n) is 14.2. The first kappa shape index (κ1) is 16.2. The van der Waals surface area contributed by atoms with Gasteiger partial charge in [-0.1, -0.05) is 6.92 Å². The van der Waals surface area contributed by atoms with Crippen molar-refractivity contribution in [2.45, 2.75) is 46.7 Å². The van der Waals surface area contributed by atoms with Crippen molar-refractivity contribution < 1.29 is 0 Å². The molecule has 0 saturated carbocycles. The van der Waals surface area contributed by atoms with Gasteiger partial charge in [-0.15, -0.1) is 0 Å². The van der Waals surface area contributed by atoms with Crippen LogP contribution in [0.5, 0.6) is 0 Å². The van der Waals surface area contributed by atoms with Gasteiger partial charge in [-0.25, -0.2) is 4.98 Å². The average molecular weight is 290 g/mol. The third-order valence-corrected chi connectivity index (χ3v) is 3.97. The van der Waals surface area contributed by atoms with Crippen molar-refractivity contribution in [3.8, 4) is 0 Å². The van der Waals surface area contributed by atoms with Crippen LogP contribution >= 0.6 is 0 Å². The monoisotopic (exact) mass is 290 g/mol. The summed E-state index contributed by atoms with van der Waals surface area (Å²) in [5.41, 5.74) is 2.57. The number of piperazine rings is 1. The number of aryl methyl sites for hydroxylation is 1. The Hall–Kier alpha value is -1.13. The molecule has 1 N–H and O–H groups in total. The average Bonchev–Trinajstić information content (AvgIpc) is 2.44. The predicted octanol–water partition coefficient (Wildman–Crippen LogP) is 2.42. The summed E-state index contributed by atoms with van der Waals surface area (Å²) in [6, 6.07) is 4.43. The van der Waals surface area contributed by atoms with Gasteiger partial charge in [-0.05, 0) is 51.9 Å². The van der Waals surface area contributed by atoms with Crippen LogP contribution in [0.1, 0.15) is 39.0 Å². The molecule has 0 unspecified atom stereocenters. The highest BCUT2D eigenvalue weighted by molar-refractivity contribution is 5.43. The van der Waals surface area contributed by atoms with Crippen LogP contribution < -0.4 is 10.2 Å². The van der Waals surface area contributed by atoms with Gasteiger partial charge in [-0.3, -0.25) is 0 Å². The van der Waals surface area contributed by atoms with Gasteiger partial charge < -0.3 is 15.1 Å². The van der Waals surface area contributed by atoms with Crippen LogP contribution in [0.2, 0.25) is 0 Å². The summed E-state index contributed by atoms with van der Waals surface area (Å²) in [5.74, 6) is 1.14. The van der Waals surface area contributed by atoms with Crippen LogP contribution in [0.15, 0.2) is 12.1 Å². The molecule has 0 aliphatic carbocycles. The van der Waals surface area contributed by atoms with E-state index in [9.17, 15) is 0 Å². The maximum absolute atomic E-state index is 4.73. The summed E-state index contributed by atoms with van der Waals surface area (Å²) in [7, 11) is 0. The molecular formula is C17H30N4. The maximum atomic E-state index is 4.73. The Bertz CT molecular complexity index is 456. The molecule has 118 valence electrons. The minimum Gasteiger partial charge on any atom is -0.354 e. The highest BCUT2D eigenvalue weighted by atomic mass is 15.3. The summed E-state index contributed by atoms with van der Waals surface area (Å²) in [6.07, 6.45) is 0. The van der Waals surface area contributed by atoms with Crippen LogP contribution in [0, 0.1) is 6.92 Å². The van der Waals surface area contributed by atoms with E-state index < -0.39 is 0 Å². The Morgan fingerprint density at radius 3 is 2.38 bits per heavy atom. The summed E-state index contributed by atoms with van der Waals surface area (Å²) >= 11 is 0. The molecule has 0 amide bonds. The number of hydrogen-bond acceptors (Lipinski definition) is 4. The molecule has 0 atom stereocenters. The number of nitrogens with zero attached hydrogens (tertiary/aromatic N) is 3. The van der Waals surface area contributed by atoms with E-state index in [1.165, 1.54) is 5.56 Å². The van der Waals surface area contributed by atoms with E-state index in [4.69, 9.17) is 4.98 Å². The van der Waals surface area contributed by atoms with Crippen LogP contribution in [0.3, 0.4) is 0 Å². The third kappa shape index (κ3) is 4.97.